The summed E-state index contributed by atoms with van der Waals surface area (Å²) in [6.45, 7) is 11.4. The van der Waals surface area contributed by atoms with E-state index in [0.29, 0.717) is 5.92 Å². The SMILES string of the molecule is CC1CC=Cc2c1n(C1=NC3(C)CC=CC=C3C(c3ccccc3)=N1)c1ccc(-c3ccc4c(c3)c3c5ccccc5ccc3n4-c3ccc(C(C)(C)C)cc3)cc21. The normalized spacial score (nSPS) is 19.1. The number of nitrogens with zero attached hydrogens (tertiary/aromatic N) is 4. The molecular weight excluding hydrogens is 705 g/mol. The second-order valence-corrected chi connectivity index (χ2v) is 17.7. The van der Waals surface area contributed by atoms with Crippen LogP contribution in [0.3, 0.4) is 0 Å². The second-order valence-electron chi connectivity index (χ2n) is 17.7. The highest BCUT2D eigenvalue weighted by Crippen LogP contribution is 2.43. The van der Waals surface area contributed by atoms with Gasteiger partial charge in [-0.3, -0.25) is 4.57 Å². The van der Waals surface area contributed by atoms with Gasteiger partial charge in [-0.2, -0.15) is 0 Å². The molecular formula is C54H46N4. The van der Waals surface area contributed by atoms with E-state index in [1.54, 1.807) is 0 Å². The van der Waals surface area contributed by atoms with E-state index in [4.69, 9.17) is 9.98 Å². The molecule has 0 bridgehead atoms. The van der Waals surface area contributed by atoms with Gasteiger partial charge in [0.2, 0.25) is 5.96 Å². The van der Waals surface area contributed by atoms with Crippen LogP contribution in [0.15, 0.2) is 167 Å². The van der Waals surface area contributed by atoms with Gasteiger partial charge in [-0.15, -0.1) is 0 Å². The molecule has 4 nitrogen and oxygen atoms in total. The summed E-state index contributed by atoms with van der Waals surface area (Å²) < 4.78 is 4.82. The molecule has 0 spiro atoms. The standard InChI is InChI=1S/C54H46N4/c1-34-14-13-19-42-43-32-37(22-28-46(43)58(51(34)42)52-55-50(36-16-7-6-8-17-36)45-20-11-12-31-54(45,5)56-52)38-23-29-47-44(33-38)49-41-18-10-9-15-35(41)21-30-48(49)57(47)40-26-24-39(25-27-40)53(2,3)4/h6-13,15-30,32-34H,14,31H2,1-5H3. The molecule has 2 aliphatic carbocycles. The van der Waals surface area contributed by atoms with E-state index in [9.17, 15) is 0 Å². The highest BCUT2D eigenvalue weighted by molar-refractivity contribution is 6.23. The Bertz CT molecular complexity index is 3150. The van der Waals surface area contributed by atoms with Gasteiger partial charge < -0.3 is 4.57 Å². The van der Waals surface area contributed by atoms with Crippen LogP contribution in [0.1, 0.15) is 75.8 Å². The van der Waals surface area contributed by atoms with Gasteiger partial charge >= 0.3 is 0 Å². The van der Waals surface area contributed by atoms with Crippen LogP contribution in [0.4, 0.5) is 0 Å². The van der Waals surface area contributed by atoms with E-state index in [2.05, 4.69) is 202 Å². The van der Waals surface area contributed by atoms with Crippen molar-refractivity contribution in [3.63, 3.8) is 0 Å². The average molecular weight is 751 g/mol. The van der Waals surface area contributed by atoms with Crippen LogP contribution < -0.4 is 0 Å². The maximum absolute atomic E-state index is 5.51. The Morgan fingerprint density at radius 2 is 1.38 bits per heavy atom. The lowest BCUT2D eigenvalue weighted by molar-refractivity contribution is 0.565. The Morgan fingerprint density at radius 3 is 2.16 bits per heavy atom. The van der Waals surface area contributed by atoms with E-state index < -0.39 is 5.54 Å². The van der Waals surface area contributed by atoms with Crippen LogP contribution in [-0.2, 0) is 5.41 Å². The predicted octanol–water partition coefficient (Wildman–Crippen LogP) is 13.7. The first kappa shape index (κ1) is 34.7. The molecule has 0 fully saturated rings. The molecule has 282 valence electrons. The van der Waals surface area contributed by atoms with E-state index in [1.807, 2.05) is 0 Å². The van der Waals surface area contributed by atoms with Gasteiger partial charge in [0.15, 0.2) is 0 Å². The minimum absolute atomic E-state index is 0.0911. The number of hydrogen-bond acceptors (Lipinski definition) is 2. The van der Waals surface area contributed by atoms with Crippen molar-refractivity contribution in [3.8, 4) is 16.8 Å². The third kappa shape index (κ3) is 5.27. The van der Waals surface area contributed by atoms with Gasteiger partial charge in [0.05, 0.1) is 27.8 Å². The molecule has 58 heavy (non-hydrogen) atoms. The van der Waals surface area contributed by atoms with Crippen LogP contribution in [0, 0.1) is 0 Å². The number of allylic oxidation sites excluding steroid dienone is 3. The van der Waals surface area contributed by atoms with Crippen molar-refractivity contribution in [1.29, 1.82) is 0 Å². The molecule has 0 radical (unpaired) electrons. The zero-order valence-electron chi connectivity index (χ0n) is 33.8. The number of rotatable bonds is 3. The van der Waals surface area contributed by atoms with Crippen LogP contribution in [0.2, 0.25) is 0 Å². The number of aliphatic imine (C=N–C) groups is 2. The van der Waals surface area contributed by atoms with Crippen molar-refractivity contribution >= 4 is 61.2 Å². The lowest BCUT2D eigenvalue weighted by atomic mass is 9.80. The van der Waals surface area contributed by atoms with Gasteiger partial charge in [-0.1, -0.05) is 143 Å². The van der Waals surface area contributed by atoms with Crippen molar-refractivity contribution in [2.24, 2.45) is 9.98 Å². The third-order valence-corrected chi connectivity index (χ3v) is 12.8. The molecule has 0 saturated heterocycles. The van der Waals surface area contributed by atoms with Crippen LogP contribution in [-0.4, -0.2) is 26.3 Å². The van der Waals surface area contributed by atoms with Gasteiger partial charge in [0.25, 0.3) is 0 Å². The van der Waals surface area contributed by atoms with Crippen molar-refractivity contribution in [3.05, 3.63) is 180 Å². The zero-order valence-corrected chi connectivity index (χ0v) is 33.8. The molecule has 0 amide bonds. The molecule has 2 atom stereocenters. The molecule has 6 aromatic carbocycles. The topological polar surface area (TPSA) is 34.6 Å². The highest BCUT2D eigenvalue weighted by atomic mass is 15.2. The fourth-order valence-electron chi connectivity index (χ4n) is 9.76. The summed E-state index contributed by atoms with van der Waals surface area (Å²) in [6, 6.07) is 47.1. The molecule has 1 aliphatic heterocycles. The molecule has 0 saturated carbocycles. The molecule has 11 rings (SSSR count). The van der Waals surface area contributed by atoms with Crippen molar-refractivity contribution in [2.75, 3.05) is 0 Å². The number of hydrogen-bond donors (Lipinski definition) is 0. The number of benzene rings is 6. The molecule has 3 heterocycles. The molecule has 2 aromatic heterocycles. The molecule has 2 unspecified atom stereocenters. The molecule has 8 aromatic rings. The first-order valence-electron chi connectivity index (χ1n) is 20.7. The minimum atomic E-state index is -0.401. The summed E-state index contributed by atoms with van der Waals surface area (Å²) in [5.41, 5.74) is 14.0. The van der Waals surface area contributed by atoms with Gasteiger partial charge in [0, 0.05) is 50.2 Å². The molecule has 3 aliphatic rings. The Labute approximate surface area is 339 Å². The monoisotopic (exact) mass is 750 g/mol. The molecule has 0 N–H and O–H groups in total. The highest BCUT2D eigenvalue weighted by Gasteiger charge is 2.38. The van der Waals surface area contributed by atoms with E-state index in [1.165, 1.54) is 77.2 Å². The Morgan fingerprint density at radius 1 is 0.672 bits per heavy atom. The summed E-state index contributed by atoms with van der Waals surface area (Å²) >= 11 is 0. The minimum Gasteiger partial charge on any atom is -0.309 e. The summed E-state index contributed by atoms with van der Waals surface area (Å²) in [5, 5.41) is 6.31. The van der Waals surface area contributed by atoms with E-state index in [0.717, 1.165) is 35.6 Å². The first-order valence-corrected chi connectivity index (χ1v) is 20.7. The summed E-state index contributed by atoms with van der Waals surface area (Å²) in [7, 11) is 0. The summed E-state index contributed by atoms with van der Waals surface area (Å²) in [6.07, 6.45) is 13.1. The van der Waals surface area contributed by atoms with Gasteiger partial charge in [-0.05, 0) is 95.1 Å². The van der Waals surface area contributed by atoms with Crippen LogP contribution in [0.5, 0.6) is 0 Å². The Kier molecular flexibility index (Phi) is 7.63. The fraction of sp³-hybridized carbons (Fsp3) is 0.185. The van der Waals surface area contributed by atoms with Gasteiger partial charge in [0.1, 0.15) is 0 Å². The zero-order chi connectivity index (χ0) is 39.3. The van der Waals surface area contributed by atoms with Crippen molar-refractivity contribution < 1.29 is 0 Å². The fourth-order valence-corrected chi connectivity index (χ4v) is 9.76. The van der Waals surface area contributed by atoms with Crippen molar-refractivity contribution in [2.45, 2.75) is 64.3 Å². The maximum Gasteiger partial charge on any atom is 0.231 e. The van der Waals surface area contributed by atoms with Crippen LogP contribution in [0.25, 0.3) is 66.4 Å². The third-order valence-electron chi connectivity index (χ3n) is 12.8. The van der Waals surface area contributed by atoms with Crippen molar-refractivity contribution in [1.82, 2.24) is 9.13 Å². The number of aromatic nitrogens is 2. The average Bonchev–Trinajstić information content (AvgIpc) is 3.76. The Hall–Kier alpha value is -6.52. The number of fused-ring (bicyclic) bond motifs is 9. The largest absolute Gasteiger partial charge is 0.309 e. The summed E-state index contributed by atoms with van der Waals surface area (Å²) in [4.78, 5) is 10.9. The smallest absolute Gasteiger partial charge is 0.231 e. The molecule has 4 heteroatoms. The first-order chi connectivity index (χ1) is 28.2. The van der Waals surface area contributed by atoms with E-state index in [-0.39, 0.29) is 5.41 Å². The summed E-state index contributed by atoms with van der Waals surface area (Å²) in [5.74, 6) is 1.09. The second kappa shape index (κ2) is 12.7. The Balaban J connectivity index is 1.11. The quantitative estimate of drug-likeness (QED) is 0.172. The lowest BCUT2D eigenvalue weighted by Crippen LogP contribution is -2.38. The van der Waals surface area contributed by atoms with E-state index >= 15 is 0 Å². The van der Waals surface area contributed by atoms with Gasteiger partial charge in [-0.25, -0.2) is 9.98 Å². The lowest BCUT2D eigenvalue weighted by Gasteiger charge is -2.35. The van der Waals surface area contributed by atoms with Crippen LogP contribution >= 0.6 is 0 Å². The maximum atomic E-state index is 5.51. The predicted molar refractivity (Wildman–Crippen MR) is 246 cm³/mol.